The van der Waals surface area contributed by atoms with E-state index in [4.69, 9.17) is 0 Å². The molecule has 0 spiro atoms. The van der Waals surface area contributed by atoms with E-state index in [1.165, 1.54) is 0 Å². The van der Waals surface area contributed by atoms with Crippen LogP contribution in [-0.4, -0.2) is 23.0 Å². The molecule has 1 unspecified atom stereocenters. The Hall–Kier alpha value is -1.06. The van der Waals surface area contributed by atoms with Crippen LogP contribution in [0.1, 0.15) is 66.2 Å². The molecule has 0 aromatic rings. The van der Waals surface area contributed by atoms with Crippen molar-refractivity contribution in [3.05, 3.63) is 0 Å². The highest BCUT2D eigenvalue weighted by Crippen LogP contribution is 2.44. The molecule has 2 N–H and O–H groups in total. The normalized spacial score (nSPS) is 19.4. The van der Waals surface area contributed by atoms with Gasteiger partial charge in [0.15, 0.2) is 0 Å². The predicted molar refractivity (Wildman–Crippen MR) is 74.8 cm³/mol. The monoisotopic (exact) mass is 269 g/mol. The Labute approximate surface area is 116 Å². The quantitative estimate of drug-likeness (QED) is 0.779. The number of rotatable bonds is 6. The third kappa shape index (κ3) is 4.84. The van der Waals surface area contributed by atoms with Gasteiger partial charge in [-0.2, -0.15) is 0 Å². The van der Waals surface area contributed by atoms with Crippen LogP contribution in [0, 0.1) is 10.8 Å². The standard InChI is InChI=1S/C15H27NO3/c1-11(6-9-14(2,3)4)16-12(17)10-15(13(18)19)7-5-8-15/h11H,5-10H2,1-4H3,(H,16,17)(H,18,19). The number of carbonyl (C=O) groups excluding carboxylic acids is 1. The molecule has 0 heterocycles. The van der Waals surface area contributed by atoms with Gasteiger partial charge in [-0.25, -0.2) is 0 Å². The van der Waals surface area contributed by atoms with Crippen molar-refractivity contribution in [1.82, 2.24) is 5.32 Å². The van der Waals surface area contributed by atoms with Gasteiger partial charge in [-0.15, -0.1) is 0 Å². The summed E-state index contributed by atoms with van der Waals surface area (Å²) in [5.74, 6) is -0.945. The summed E-state index contributed by atoms with van der Waals surface area (Å²) in [6.07, 6.45) is 4.27. The second kappa shape index (κ2) is 5.93. The Morgan fingerprint density at radius 3 is 2.26 bits per heavy atom. The van der Waals surface area contributed by atoms with E-state index in [0.29, 0.717) is 12.8 Å². The van der Waals surface area contributed by atoms with Crippen LogP contribution in [0.5, 0.6) is 0 Å². The number of carboxylic acids is 1. The first-order chi connectivity index (χ1) is 8.65. The first kappa shape index (κ1) is 16.0. The van der Waals surface area contributed by atoms with Crippen LogP contribution in [0.4, 0.5) is 0 Å². The van der Waals surface area contributed by atoms with Crippen LogP contribution in [0.15, 0.2) is 0 Å². The molecule has 1 fully saturated rings. The minimum absolute atomic E-state index is 0.109. The van der Waals surface area contributed by atoms with Gasteiger partial charge < -0.3 is 10.4 Å². The van der Waals surface area contributed by atoms with Crippen LogP contribution < -0.4 is 5.32 Å². The topological polar surface area (TPSA) is 66.4 Å². The fourth-order valence-corrected chi connectivity index (χ4v) is 2.42. The highest BCUT2D eigenvalue weighted by molar-refractivity contribution is 5.85. The third-order valence-corrected chi connectivity index (χ3v) is 4.00. The lowest BCUT2D eigenvalue weighted by atomic mass is 9.66. The fourth-order valence-electron chi connectivity index (χ4n) is 2.42. The molecule has 0 radical (unpaired) electrons. The summed E-state index contributed by atoms with van der Waals surface area (Å²) in [6.45, 7) is 8.51. The van der Waals surface area contributed by atoms with Crippen molar-refractivity contribution in [1.29, 1.82) is 0 Å². The molecule has 4 heteroatoms. The van der Waals surface area contributed by atoms with E-state index in [-0.39, 0.29) is 23.8 Å². The van der Waals surface area contributed by atoms with E-state index in [0.717, 1.165) is 19.3 Å². The van der Waals surface area contributed by atoms with Gasteiger partial charge in [0.2, 0.25) is 5.91 Å². The van der Waals surface area contributed by atoms with Crippen molar-refractivity contribution in [3.8, 4) is 0 Å². The Balaban J connectivity index is 2.36. The van der Waals surface area contributed by atoms with Gasteiger partial charge in [0.1, 0.15) is 0 Å². The zero-order chi connectivity index (χ0) is 14.7. The zero-order valence-electron chi connectivity index (χ0n) is 12.6. The largest absolute Gasteiger partial charge is 0.481 e. The minimum atomic E-state index is -0.823. The van der Waals surface area contributed by atoms with Crippen LogP contribution in [0.2, 0.25) is 0 Å². The number of amides is 1. The number of nitrogens with one attached hydrogen (secondary N) is 1. The second-order valence-corrected chi connectivity index (χ2v) is 7.18. The average molecular weight is 269 g/mol. The smallest absolute Gasteiger partial charge is 0.310 e. The van der Waals surface area contributed by atoms with Gasteiger partial charge in [-0.1, -0.05) is 27.2 Å². The van der Waals surface area contributed by atoms with E-state index in [1.807, 2.05) is 6.92 Å². The lowest BCUT2D eigenvalue weighted by molar-refractivity contribution is -0.157. The molecular weight excluding hydrogens is 242 g/mol. The Morgan fingerprint density at radius 1 is 1.32 bits per heavy atom. The van der Waals surface area contributed by atoms with E-state index in [1.54, 1.807) is 0 Å². The van der Waals surface area contributed by atoms with Crippen molar-refractivity contribution >= 4 is 11.9 Å². The molecule has 1 aliphatic carbocycles. The molecule has 1 rings (SSSR count). The highest BCUT2D eigenvalue weighted by atomic mass is 16.4. The maximum atomic E-state index is 11.9. The molecular formula is C15H27NO3. The van der Waals surface area contributed by atoms with Gasteiger partial charge in [-0.3, -0.25) is 9.59 Å². The maximum absolute atomic E-state index is 11.9. The highest BCUT2D eigenvalue weighted by Gasteiger charge is 2.45. The van der Waals surface area contributed by atoms with E-state index < -0.39 is 11.4 Å². The van der Waals surface area contributed by atoms with Crippen molar-refractivity contribution < 1.29 is 14.7 Å². The number of hydrogen-bond acceptors (Lipinski definition) is 2. The van der Waals surface area contributed by atoms with Crippen LogP contribution in [-0.2, 0) is 9.59 Å². The molecule has 0 aromatic heterocycles. The van der Waals surface area contributed by atoms with Gasteiger partial charge in [0.25, 0.3) is 0 Å². The first-order valence-electron chi connectivity index (χ1n) is 7.17. The molecule has 110 valence electrons. The van der Waals surface area contributed by atoms with Crippen LogP contribution in [0.3, 0.4) is 0 Å². The maximum Gasteiger partial charge on any atom is 0.310 e. The summed E-state index contributed by atoms with van der Waals surface area (Å²) in [5.41, 5.74) is -0.525. The van der Waals surface area contributed by atoms with E-state index in [2.05, 4.69) is 26.1 Å². The molecule has 19 heavy (non-hydrogen) atoms. The molecule has 0 aromatic carbocycles. The van der Waals surface area contributed by atoms with Crippen molar-refractivity contribution in [3.63, 3.8) is 0 Å². The predicted octanol–water partition coefficient (Wildman–Crippen LogP) is 2.96. The molecule has 0 saturated heterocycles. The van der Waals surface area contributed by atoms with Crippen molar-refractivity contribution in [2.24, 2.45) is 10.8 Å². The number of carbonyl (C=O) groups is 2. The summed E-state index contributed by atoms with van der Waals surface area (Å²) in [6, 6.07) is 0.109. The molecule has 1 aliphatic rings. The molecule has 0 aliphatic heterocycles. The Bertz CT molecular complexity index is 340. The lowest BCUT2D eigenvalue weighted by Gasteiger charge is -2.37. The van der Waals surface area contributed by atoms with E-state index >= 15 is 0 Å². The minimum Gasteiger partial charge on any atom is -0.481 e. The average Bonchev–Trinajstić information content (AvgIpc) is 2.19. The van der Waals surface area contributed by atoms with Crippen LogP contribution in [0.25, 0.3) is 0 Å². The molecule has 1 saturated carbocycles. The van der Waals surface area contributed by atoms with Gasteiger partial charge in [0.05, 0.1) is 5.41 Å². The molecule has 1 amide bonds. The summed E-state index contributed by atoms with van der Waals surface area (Å²) >= 11 is 0. The SMILES string of the molecule is CC(CCC(C)(C)C)NC(=O)CC1(C(=O)O)CCC1. The summed E-state index contributed by atoms with van der Waals surface area (Å²) in [4.78, 5) is 23.1. The number of aliphatic carboxylic acids is 1. The van der Waals surface area contributed by atoms with Gasteiger partial charge in [0, 0.05) is 12.5 Å². The Morgan fingerprint density at radius 2 is 1.89 bits per heavy atom. The summed E-state index contributed by atoms with van der Waals surface area (Å²) in [7, 11) is 0. The third-order valence-electron chi connectivity index (χ3n) is 4.00. The Kier molecular flexibility index (Phi) is 4.99. The summed E-state index contributed by atoms with van der Waals surface area (Å²) < 4.78 is 0. The fraction of sp³-hybridized carbons (Fsp3) is 0.867. The van der Waals surface area contributed by atoms with E-state index in [9.17, 15) is 14.7 Å². The number of carboxylic acid groups (broad SMARTS) is 1. The van der Waals surface area contributed by atoms with Gasteiger partial charge >= 0.3 is 5.97 Å². The van der Waals surface area contributed by atoms with Crippen molar-refractivity contribution in [2.75, 3.05) is 0 Å². The second-order valence-electron chi connectivity index (χ2n) is 7.18. The number of hydrogen-bond donors (Lipinski definition) is 2. The summed E-state index contributed by atoms with van der Waals surface area (Å²) in [5, 5.41) is 12.1. The van der Waals surface area contributed by atoms with Crippen molar-refractivity contribution in [2.45, 2.75) is 72.3 Å². The molecule has 4 nitrogen and oxygen atoms in total. The van der Waals surface area contributed by atoms with Gasteiger partial charge in [-0.05, 0) is 38.0 Å². The molecule has 0 bridgehead atoms. The lowest BCUT2D eigenvalue weighted by Crippen LogP contribution is -2.44. The first-order valence-corrected chi connectivity index (χ1v) is 7.17. The van der Waals surface area contributed by atoms with Crippen LogP contribution >= 0.6 is 0 Å². The zero-order valence-corrected chi connectivity index (χ0v) is 12.6. The molecule has 1 atom stereocenters.